The summed E-state index contributed by atoms with van der Waals surface area (Å²) in [5.41, 5.74) is 3.22. The number of imidazole rings is 1. The van der Waals surface area contributed by atoms with Crippen molar-refractivity contribution in [2.24, 2.45) is 0 Å². The van der Waals surface area contributed by atoms with E-state index in [4.69, 9.17) is 0 Å². The number of aromatic amines is 1. The number of carbonyl (C=O) groups is 2. The summed E-state index contributed by atoms with van der Waals surface area (Å²) < 4.78 is 0. The summed E-state index contributed by atoms with van der Waals surface area (Å²) in [6, 6.07) is 15.1. The second-order valence-corrected chi connectivity index (χ2v) is 7.19. The Morgan fingerprint density at radius 2 is 1.93 bits per heavy atom. The number of rotatable bonds is 4. The van der Waals surface area contributed by atoms with Crippen molar-refractivity contribution < 1.29 is 9.59 Å². The molecule has 7 nitrogen and oxygen atoms in total. The molecule has 1 saturated heterocycles. The van der Waals surface area contributed by atoms with Gasteiger partial charge in [0.05, 0.1) is 11.0 Å². The number of amides is 2. The van der Waals surface area contributed by atoms with Crippen LogP contribution in [0.4, 0.5) is 11.6 Å². The Kier molecular flexibility index (Phi) is 5.46. The quantitative estimate of drug-likeness (QED) is 0.715. The first-order chi connectivity index (χ1) is 14.1. The fraction of sp³-hybridized carbons (Fsp3) is 0.318. The number of H-pyrrole nitrogens is 1. The number of fused-ring (bicyclic) bond motifs is 1. The molecule has 0 radical (unpaired) electrons. The molecule has 1 aromatic heterocycles. The van der Waals surface area contributed by atoms with Crippen molar-refractivity contribution in [1.82, 2.24) is 14.9 Å². The van der Waals surface area contributed by atoms with Crippen molar-refractivity contribution in [2.45, 2.75) is 19.8 Å². The highest BCUT2D eigenvalue weighted by Gasteiger charge is 2.22. The normalized spacial score (nSPS) is 14.7. The maximum Gasteiger partial charge on any atom is 0.253 e. The van der Waals surface area contributed by atoms with Gasteiger partial charge in [-0.25, -0.2) is 4.98 Å². The van der Waals surface area contributed by atoms with Gasteiger partial charge in [-0.15, -0.1) is 0 Å². The SMILES string of the molecule is CCC(=O)Nc1cccc(C(=O)N2CCCN(c3nc4ccccc4[nH]3)CC2)c1. The number of hydrogen-bond donors (Lipinski definition) is 2. The maximum atomic E-state index is 13.0. The fourth-order valence-corrected chi connectivity index (χ4v) is 3.58. The van der Waals surface area contributed by atoms with Crippen LogP contribution in [0.2, 0.25) is 0 Å². The Bertz CT molecular complexity index is 996. The molecule has 2 N–H and O–H groups in total. The van der Waals surface area contributed by atoms with Crippen LogP contribution in [-0.4, -0.2) is 52.9 Å². The second-order valence-electron chi connectivity index (χ2n) is 7.19. The zero-order valence-electron chi connectivity index (χ0n) is 16.5. The average molecular weight is 391 g/mol. The predicted molar refractivity (Wildman–Crippen MR) is 114 cm³/mol. The zero-order chi connectivity index (χ0) is 20.2. The molecule has 150 valence electrons. The molecule has 1 aliphatic heterocycles. The summed E-state index contributed by atoms with van der Waals surface area (Å²) >= 11 is 0. The minimum absolute atomic E-state index is 0.0101. The van der Waals surface area contributed by atoms with E-state index in [9.17, 15) is 9.59 Å². The molecule has 1 aliphatic rings. The van der Waals surface area contributed by atoms with Gasteiger partial charge >= 0.3 is 0 Å². The first-order valence-corrected chi connectivity index (χ1v) is 10.0. The zero-order valence-corrected chi connectivity index (χ0v) is 16.5. The third-order valence-electron chi connectivity index (χ3n) is 5.17. The highest BCUT2D eigenvalue weighted by molar-refractivity contribution is 5.97. The van der Waals surface area contributed by atoms with Crippen molar-refractivity contribution >= 4 is 34.5 Å². The lowest BCUT2D eigenvalue weighted by Crippen LogP contribution is -2.35. The maximum absolute atomic E-state index is 13.0. The van der Waals surface area contributed by atoms with Crippen molar-refractivity contribution in [3.8, 4) is 0 Å². The molecule has 4 rings (SSSR count). The van der Waals surface area contributed by atoms with Crippen molar-refractivity contribution in [1.29, 1.82) is 0 Å². The van der Waals surface area contributed by atoms with E-state index in [0.29, 0.717) is 30.8 Å². The molecular formula is C22H25N5O2. The summed E-state index contributed by atoms with van der Waals surface area (Å²) in [7, 11) is 0. The molecule has 0 bridgehead atoms. The summed E-state index contributed by atoms with van der Waals surface area (Å²) in [5.74, 6) is 0.777. The number of para-hydroxylation sites is 2. The molecule has 0 unspecified atom stereocenters. The lowest BCUT2D eigenvalue weighted by Gasteiger charge is -2.22. The van der Waals surface area contributed by atoms with Gasteiger partial charge in [-0.1, -0.05) is 25.1 Å². The van der Waals surface area contributed by atoms with E-state index in [-0.39, 0.29) is 11.8 Å². The molecule has 0 atom stereocenters. The Hall–Kier alpha value is -3.35. The smallest absolute Gasteiger partial charge is 0.253 e. The van der Waals surface area contributed by atoms with Crippen molar-refractivity contribution in [3.63, 3.8) is 0 Å². The monoisotopic (exact) mass is 391 g/mol. The van der Waals surface area contributed by atoms with E-state index in [0.717, 1.165) is 36.5 Å². The van der Waals surface area contributed by atoms with Crippen LogP contribution in [0.15, 0.2) is 48.5 Å². The molecule has 0 saturated carbocycles. The molecular weight excluding hydrogens is 366 g/mol. The number of carbonyl (C=O) groups excluding carboxylic acids is 2. The van der Waals surface area contributed by atoms with E-state index in [2.05, 4.69) is 20.2 Å². The average Bonchev–Trinajstić information content (AvgIpc) is 3.03. The van der Waals surface area contributed by atoms with Crippen LogP contribution in [-0.2, 0) is 4.79 Å². The topological polar surface area (TPSA) is 81.3 Å². The van der Waals surface area contributed by atoms with Crippen LogP contribution in [0.1, 0.15) is 30.1 Å². The van der Waals surface area contributed by atoms with Crippen LogP contribution >= 0.6 is 0 Å². The molecule has 1 fully saturated rings. The number of nitrogens with one attached hydrogen (secondary N) is 2. The lowest BCUT2D eigenvalue weighted by molar-refractivity contribution is -0.115. The Labute approximate surface area is 169 Å². The number of aromatic nitrogens is 2. The molecule has 0 aliphatic carbocycles. The minimum atomic E-state index is -0.0640. The Morgan fingerprint density at radius 1 is 1.07 bits per heavy atom. The van der Waals surface area contributed by atoms with Crippen LogP contribution in [0.3, 0.4) is 0 Å². The molecule has 2 aromatic carbocycles. The number of benzene rings is 2. The van der Waals surface area contributed by atoms with Gasteiger partial charge < -0.3 is 20.1 Å². The minimum Gasteiger partial charge on any atom is -0.341 e. The highest BCUT2D eigenvalue weighted by atomic mass is 16.2. The third kappa shape index (κ3) is 4.23. The first kappa shape index (κ1) is 19.0. The third-order valence-corrected chi connectivity index (χ3v) is 5.17. The summed E-state index contributed by atoms with van der Waals surface area (Å²) in [6.45, 7) is 4.69. The summed E-state index contributed by atoms with van der Waals surface area (Å²) in [5, 5.41) is 2.81. The van der Waals surface area contributed by atoms with Gasteiger partial charge in [0, 0.05) is 43.9 Å². The Balaban J connectivity index is 1.44. The first-order valence-electron chi connectivity index (χ1n) is 10.0. The van der Waals surface area contributed by atoms with E-state index < -0.39 is 0 Å². The molecule has 2 amide bonds. The highest BCUT2D eigenvalue weighted by Crippen LogP contribution is 2.20. The van der Waals surface area contributed by atoms with Gasteiger partial charge in [0.15, 0.2) is 0 Å². The van der Waals surface area contributed by atoms with Crippen molar-refractivity contribution in [3.05, 3.63) is 54.1 Å². The van der Waals surface area contributed by atoms with E-state index in [1.807, 2.05) is 29.2 Å². The van der Waals surface area contributed by atoms with Gasteiger partial charge in [0.25, 0.3) is 5.91 Å². The second kappa shape index (κ2) is 8.34. The van der Waals surface area contributed by atoms with Gasteiger partial charge in [-0.2, -0.15) is 0 Å². The van der Waals surface area contributed by atoms with E-state index in [1.54, 1.807) is 31.2 Å². The van der Waals surface area contributed by atoms with Crippen LogP contribution in [0.25, 0.3) is 11.0 Å². The molecule has 0 spiro atoms. The molecule has 7 heteroatoms. The van der Waals surface area contributed by atoms with E-state index in [1.165, 1.54) is 0 Å². The Morgan fingerprint density at radius 3 is 2.76 bits per heavy atom. The van der Waals surface area contributed by atoms with E-state index >= 15 is 0 Å². The fourth-order valence-electron chi connectivity index (χ4n) is 3.58. The summed E-state index contributed by atoms with van der Waals surface area (Å²) in [4.78, 5) is 36.8. The summed E-state index contributed by atoms with van der Waals surface area (Å²) in [6.07, 6.45) is 1.27. The predicted octanol–water partition coefficient (Wildman–Crippen LogP) is 3.26. The van der Waals surface area contributed by atoms with Gasteiger partial charge in [0.2, 0.25) is 11.9 Å². The van der Waals surface area contributed by atoms with Crippen molar-refractivity contribution in [2.75, 3.05) is 36.4 Å². The standard InChI is InChI=1S/C22H25N5O2/c1-2-20(28)23-17-8-5-7-16(15-17)21(29)26-11-6-12-27(14-13-26)22-24-18-9-3-4-10-19(18)25-22/h3-5,7-10,15H,2,6,11-14H2,1H3,(H,23,28)(H,24,25). The van der Waals surface area contributed by atoms with Gasteiger partial charge in [-0.05, 0) is 36.8 Å². The van der Waals surface area contributed by atoms with Gasteiger partial charge in [-0.3, -0.25) is 9.59 Å². The number of hydrogen-bond acceptors (Lipinski definition) is 4. The lowest BCUT2D eigenvalue weighted by atomic mass is 10.1. The van der Waals surface area contributed by atoms with Crippen LogP contribution in [0, 0.1) is 0 Å². The number of nitrogens with zero attached hydrogens (tertiary/aromatic N) is 3. The largest absolute Gasteiger partial charge is 0.341 e. The molecule has 29 heavy (non-hydrogen) atoms. The molecule has 2 heterocycles. The van der Waals surface area contributed by atoms with Gasteiger partial charge in [0.1, 0.15) is 0 Å². The van der Waals surface area contributed by atoms with Crippen LogP contribution in [0.5, 0.6) is 0 Å². The molecule has 3 aromatic rings. The van der Waals surface area contributed by atoms with Crippen LogP contribution < -0.4 is 10.2 Å². The number of anilines is 2.